The van der Waals surface area contributed by atoms with Crippen LogP contribution in [-0.2, 0) is 4.79 Å². The molecule has 4 aliphatic carbocycles. The Labute approximate surface area is 175 Å². The predicted molar refractivity (Wildman–Crippen MR) is 112 cm³/mol. The van der Waals surface area contributed by atoms with Gasteiger partial charge in [-0.25, -0.2) is 0 Å². The molecule has 5 heteroatoms. The van der Waals surface area contributed by atoms with Gasteiger partial charge in [0.25, 0.3) is 0 Å². The van der Waals surface area contributed by atoms with Gasteiger partial charge in [0.15, 0.2) is 5.78 Å². The van der Waals surface area contributed by atoms with Crippen LogP contribution in [0.1, 0.15) is 65.2 Å². The van der Waals surface area contributed by atoms with Gasteiger partial charge in [0, 0.05) is 31.3 Å². The number of ketones is 1. The van der Waals surface area contributed by atoms with Crippen LogP contribution in [0.2, 0.25) is 0 Å². The summed E-state index contributed by atoms with van der Waals surface area (Å²) in [4.78, 5) is 14.8. The van der Waals surface area contributed by atoms with E-state index >= 15 is 0 Å². The smallest absolute Gasteiger partial charge is 0.160 e. The van der Waals surface area contributed by atoms with Crippen LogP contribution >= 0.6 is 0 Å². The highest BCUT2D eigenvalue weighted by atomic mass is 16.3. The van der Waals surface area contributed by atoms with E-state index in [1.807, 2.05) is 11.1 Å². The van der Waals surface area contributed by atoms with Gasteiger partial charge in [-0.2, -0.15) is 0 Å². The Morgan fingerprint density at radius 2 is 1.69 bits per heavy atom. The van der Waals surface area contributed by atoms with E-state index in [-0.39, 0.29) is 35.9 Å². The molecule has 0 amide bonds. The molecule has 0 aromatic rings. The number of aliphatic hydroxyl groups excluding tert-OH is 3. The number of hydrogen-bond acceptors (Lipinski definition) is 5. The lowest BCUT2D eigenvalue weighted by Gasteiger charge is -2.60. The molecule has 7 unspecified atom stereocenters. The normalized spacial score (nSPS) is 45.6. The van der Waals surface area contributed by atoms with Crippen LogP contribution in [0, 0.1) is 34.5 Å². The second-order valence-corrected chi connectivity index (χ2v) is 10.7. The van der Waals surface area contributed by atoms with Crippen LogP contribution in [0.5, 0.6) is 0 Å². The third-order valence-electron chi connectivity index (χ3n) is 9.49. The molecule has 0 saturated heterocycles. The molecule has 4 saturated carbocycles. The van der Waals surface area contributed by atoms with Crippen molar-refractivity contribution < 1.29 is 20.1 Å². The summed E-state index contributed by atoms with van der Waals surface area (Å²) in [5, 5.41) is 29.3. The van der Waals surface area contributed by atoms with Crippen molar-refractivity contribution in [3.8, 4) is 0 Å². The van der Waals surface area contributed by atoms with Gasteiger partial charge in [-0.15, -0.1) is 0 Å². The average Bonchev–Trinajstić information content (AvgIpc) is 2.98. The molecule has 0 heterocycles. The van der Waals surface area contributed by atoms with E-state index in [0.717, 1.165) is 37.7 Å². The number of aliphatic hydroxyl groups is 3. The molecule has 0 spiro atoms. The van der Waals surface area contributed by atoms with Gasteiger partial charge in [-0.1, -0.05) is 13.8 Å². The van der Waals surface area contributed by atoms with Crippen molar-refractivity contribution in [2.75, 3.05) is 26.3 Å². The quantitative estimate of drug-likeness (QED) is 0.613. The van der Waals surface area contributed by atoms with Crippen molar-refractivity contribution in [3.05, 3.63) is 11.8 Å². The molecule has 0 radical (unpaired) electrons. The van der Waals surface area contributed by atoms with Crippen molar-refractivity contribution in [3.63, 3.8) is 0 Å². The lowest BCUT2D eigenvalue weighted by molar-refractivity contribution is -0.135. The third-order valence-corrected chi connectivity index (χ3v) is 9.49. The fourth-order valence-corrected chi connectivity index (χ4v) is 7.82. The van der Waals surface area contributed by atoms with Gasteiger partial charge in [-0.05, 0) is 79.4 Å². The number of hydrogen-bond donors (Lipinski definition) is 3. The maximum absolute atomic E-state index is 12.9. The fourth-order valence-electron chi connectivity index (χ4n) is 7.82. The van der Waals surface area contributed by atoms with Gasteiger partial charge >= 0.3 is 0 Å². The first-order chi connectivity index (χ1) is 13.8. The monoisotopic (exact) mass is 405 g/mol. The van der Waals surface area contributed by atoms with E-state index in [1.54, 1.807) is 0 Å². The summed E-state index contributed by atoms with van der Waals surface area (Å²) in [6.07, 6.45) is 9.96. The Bertz CT molecular complexity index is 657. The second-order valence-electron chi connectivity index (χ2n) is 10.7. The van der Waals surface area contributed by atoms with Gasteiger partial charge in [-0.3, -0.25) is 4.79 Å². The number of Topliss-reactive ketones (excluding diaryl/α,β-unsaturated/α-hetero) is 1. The van der Waals surface area contributed by atoms with E-state index in [4.69, 9.17) is 0 Å². The Balaban J connectivity index is 1.59. The molecule has 29 heavy (non-hydrogen) atoms. The lowest BCUT2D eigenvalue weighted by atomic mass is 9.45. The largest absolute Gasteiger partial charge is 0.395 e. The topological polar surface area (TPSA) is 81.0 Å². The van der Waals surface area contributed by atoms with Crippen molar-refractivity contribution in [1.29, 1.82) is 0 Å². The summed E-state index contributed by atoms with van der Waals surface area (Å²) in [5.74, 6) is 2.65. The van der Waals surface area contributed by atoms with Gasteiger partial charge in [0.2, 0.25) is 0 Å². The summed E-state index contributed by atoms with van der Waals surface area (Å²) in [6, 6.07) is 0. The van der Waals surface area contributed by atoms with Crippen molar-refractivity contribution in [2.45, 2.75) is 71.3 Å². The lowest BCUT2D eigenvalue weighted by Crippen LogP contribution is -2.54. The highest BCUT2D eigenvalue weighted by molar-refractivity contribution is 5.96. The van der Waals surface area contributed by atoms with Crippen LogP contribution < -0.4 is 0 Å². The van der Waals surface area contributed by atoms with Crippen molar-refractivity contribution >= 4 is 5.78 Å². The number of carbonyl (C=O) groups excluding carboxylic acids is 1. The average molecular weight is 406 g/mol. The minimum absolute atomic E-state index is 0.0190. The zero-order chi connectivity index (χ0) is 20.8. The minimum atomic E-state index is -0.145. The molecular weight excluding hydrogens is 366 g/mol. The number of fused-ring (bicyclic) bond motifs is 5. The number of allylic oxidation sites excluding steroid dienone is 1. The summed E-state index contributed by atoms with van der Waals surface area (Å²) >= 11 is 0. The Hall–Kier alpha value is -0.910. The first-order valence-corrected chi connectivity index (χ1v) is 11.7. The van der Waals surface area contributed by atoms with Crippen LogP contribution in [0.3, 0.4) is 0 Å². The third kappa shape index (κ3) is 3.47. The van der Waals surface area contributed by atoms with Gasteiger partial charge in [0.1, 0.15) is 0 Å². The molecule has 0 bridgehead atoms. The van der Waals surface area contributed by atoms with Gasteiger partial charge in [0.05, 0.1) is 19.3 Å². The summed E-state index contributed by atoms with van der Waals surface area (Å²) in [6.45, 7) is 5.67. The zero-order valence-corrected chi connectivity index (χ0v) is 18.1. The second kappa shape index (κ2) is 7.97. The summed E-state index contributed by atoms with van der Waals surface area (Å²) < 4.78 is 0. The summed E-state index contributed by atoms with van der Waals surface area (Å²) in [5.41, 5.74) is 1.11. The zero-order valence-electron chi connectivity index (χ0n) is 18.1. The molecule has 0 aromatic heterocycles. The van der Waals surface area contributed by atoms with E-state index < -0.39 is 0 Å². The fraction of sp³-hybridized carbons (Fsp3) is 0.875. The molecule has 4 rings (SSSR count). The van der Waals surface area contributed by atoms with E-state index in [2.05, 4.69) is 13.8 Å². The molecule has 7 atom stereocenters. The first-order valence-electron chi connectivity index (χ1n) is 11.7. The highest BCUT2D eigenvalue weighted by Crippen LogP contribution is 2.66. The Kier molecular flexibility index (Phi) is 5.86. The molecule has 164 valence electrons. The summed E-state index contributed by atoms with van der Waals surface area (Å²) in [7, 11) is 0. The van der Waals surface area contributed by atoms with Crippen LogP contribution in [0.4, 0.5) is 0 Å². The van der Waals surface area contributed by atoms with Crippen LogP contribution in [0.15, 0.2) is 11.8 Å². The molecule has 4 aliphatic rings. The van der Waals surface area contributed by atoms with Crippen LogP contribution in [-0.4, -0.2) is 58.4 Å². The van der Waals surface area contributed by atoms with E-state index in [0.29, 0.717) is 43.2 Å². The maximum Gasteiger partial charge on any atom is 0.160 e. The standard InChI is InChI=1S/C24H39NO4/c1-23-8-7-20-18(19(23)5-6-22(23)29)4-3-17-13-21(28)16(14-24(17,20)2)15-25(9-11-26)10-12-27/h15,17-20,22,26-27,29H,3-14H2,1-2H3/b16-15+. The number of nitrogens with zero attached hydrogens (tertiary/aromatic N) is 1. The Morgan fingerprint density at radius 3 is 2.38 bits per heavy atom. The number of carbonyl (C=O) groups is 1. The molecular formula is C24H39NO4. The molecule has 4 fully saturated rings. The molecule has 0 aliphatic heterocycles. The molecule has 5 nitrogen and oxygen atoms in total. The predicted octanol–water partition coefficient (Wildman–Crippen LogP) is 2.74. The van der Waals surface area contributed by atoms with Crippen molar-refractivity contribution in [2.24, 2.45) is 34.5 Å². The molecule has 3 N–H and O–H groups in total. The minimum Gasteiger partial charge on any atom is -0.395 e. The Morgan fingerprint density at radius 1 is 1.00 bits per heavy atom. The SMILES string of the molecule is CC12CCC3C(CCC4CC(=O)/C(=C/N(CCO)CCO)CC43C)C1CCC2O. The molecule has 0 aromatic carbocycles. The highest BCUT2D eigenvalue weighted by Gasteiger charge is 2.60. The van der Waals surface area contributed by atoms with Crippen LogP contribution in [0.25, 0.3) is 0 Å². The van der Waals surface area contributed by atoms with Gasteiger partial charge < -0.3 is 20.2 Å². The maximum atomic E-state index is 12.9. The first kappa shape index (κ1) is 21.3. The van der Waals surface area contributed by atoms with E-state index in [9.17, 15) is 20.1 Å². The number of rotatable bonds is 5. The van der Waals surface area contributed by atoms with E-state index in [1.165, 1.54) is 12.8 Å². The van der Waals surface area contributed by atoms with Crippen molar-refractivity contribution in [1.82, 2.24) is 4.90 Å².